The lowest BCUT2D eigenvalue weighted by Gasteiger charge is -2.32. The largest absolute Gasteiger partial charge is 0.398 e. The average molecular weight is 386 g/mol. The lowest BCUT2D eigenvalue weighted by molar-refractivity contribution is 0.0529. The second kappa shape index (κ2) is 7.18. The van der Waals surface area contributed by atoms with Crippen molar-refractivity contribution in [1.82, 2.24) is 20.2 Å². The summed E-state index contributed by atoms with van der Waals surface area (Å²) in [5.74, 6) is 0.902. The monoisotopic (exact) mass is 386 g/mol. The fourth-order valence-corrected chi connectivity index (χ4v) is 3.88. The first-order chi connectivity index (χ1) is 14.2. The van der Waals surface area contributed by atoms with Crippen molar-refractivity contribution in [3.8, 4) is 22.5 Å². The standard InChI is InChI=1S/C22H22N6O/c1-14-13-28(10-11-29-14)20-12-17(15-4-2-3-5-18(15)23)16-6-8-24-22(21(16)26-20)19-7-9-25-27-19/h2-9,12,14H,10-11,13,23H2,1H3,(H,25,27). The Kier molecular flexibility index (Phi) is 4.37. The average Bonchev–Trinajstić information content (AvgIpc) is 3.28. The van der Waals surface area contributed by atoms with E-state index in [-0.39, 0.29) is 6.10 Å². The number of nitrogens with two attached hydrogens (primary N) is 1. The molecule has 5 rings (SSSR count). The number of rotatable bonds is 3. The SMILES string of the molecule is CC1CN(c2cc(-c3ccccc3N)c3ccnc(-c4ccn[nH]4)c3n2)CCO1. The first kappa shape index (κ1) is 17.6. The number of hydrogen-bond acceptors (Lipinski definition) is 6. The quantitative estimate of drug-likeness (QED) is 0.524. The van der Waals surface area contributed by atoms with Crippen molar-refractivity contribution in [3.63, 3.8) is 0 Å². The molecule has 3 N–H and O–H groups in total. The number of hydrogen-bond donors (Lipinski definition) is 2. The van der Waals surface area contributed by atoms with Gasteiger partial charge < -0.3 is 15.4 Å². The molecular formula is C22H22N6O. The van der Waals surface area contributed by atoms with E-state index in [1.54, 1.807) is 12.4 Å². The van der Waals surface area contributed by atoms with E-state index in [1.165, 1.54) is 0 Å². The van der Waals surface area contributed by atoms with Crippen LogP contribution in [0, 0.1) is 0 Å². The molecular weight excluding hydrogens is 364 g/mol. The highest BCUT2D eigenvalue weighted by molar-refractivity contribution is 6.03. The Morgan fingerprint density at radius 2 is 2.03 bits per heavy atom. The van der Waals surface area contributed by atoms with Crippen molar-refractivity contribution >= 4 is 22.4 Å². The molecule has 1 aromatic carbocycles. The lowest BCUT2D eigenvalue weighted by atomic mass is 9.99. The van der Waals surface area contributed by atoms with Gasteiger partial charge in [-0.2, -0.15) is 5.10 Å². The van der Waals surface area contributed by atoms with Crippen LogP contribution in [0.15, 0.2) is 54.9 Å². The summed E-state index contributed by atoms with van der Waals surface area (Å²) in [4.78, 5) is 11.9. The maximum atomic E-state index is 6.34. The first-order valence-corrected chi connectivity index (χ1v) is 9.71. The Hall–Kier alpha value is -3.45. The van der Waals surface area contributed by atoms with Gasteiger partial charge >= 0.3 is 0 Å². The molecule has 1 saturated heterocycles. The maximum Gasteiger partial charge on any atom is 0.130 e. The van der Waals surface area contributed by atoms with E-state index in [0.29, 0.717) is 6.61 Å². The van der Waals surface area contributed by atoms with E-state index in [1.807, 2.05) is 36.4 Å². The highest BCUT2D eigenvalue weighted by atomic mass is 16.5. The number of nitrogen functional groups attached to an aromatic ring is 1. The molecule has 0 aliphatic carbocycles. The molecule has 146 valence electrons. The zero-order chi connectivity index (χ0) is 19.8. The topological polar surface area (TPSA) is 93.0 Å². The number of para-hydroxylation sites is 1. The minimum atomic E-state index is 0.160. The van der Waals surface area contributed by atoms with Crippen LogP contribution >= 0.6 is 0 Å². The van der Waals surface area contributed by atoms with Crippen LogP contribution in [0.2, 0.25) is 0 Å². The minimum Gasteiger partial charge on any atom is -0.398 e. The Morgan fingerprint density at radius 1 is 1.14 bits per heavy atom. The van der Waals surface area contributed by atoms with E-state index >= 15 is 0 Å². The van der Waals surface area contributed by atoms with E-state index in [4.69, 9.17) is 15.5 Å². The molecule has 3 aromatic heterocycles. The van der Waals surface area contributed by atoms with Crippen LogP contribution < -0.4 is 10.6 Å². The molecule has 7 nitrogen and oxygen atoms in total. The smallest absolute Gasteiger partial charge is 0.130 e. The van der Waals surface area contributed by atoms with Gasteiger partial charge in [0.05, 0.1) is 18.4 Å². The number of morpholine rings is 1. The molecule has 1 aliphatic heterocycles. The molecule has 1 atom stereocenters. The summed E-state index contributed by atoms with van der Waals surface area (Å²) in [5, 5.41) is 8.10. The second-order valence-electron chi connectivity index (χ2n) is 7.27. The van der Waals surface area contributed by atoms with Gasteiger partial charge in [-0.05, 0) is 36.8 Å². The van der Waals surface area contributed by atoms with Crippen molar-refractivity contribution in [3.05, 3.63) is 54.9 Å². The number of aromatic nitrogens is 4. The van der Waals surface area contributed by atoms with Gasteiger partial charge in [0.25, 0.3) is 0 Å². The van der Waals surface area contributed by atoms with E-state index in [9.17, 15) is 0 Å². The number of aromatic amines is 1. The van der Waals surface area contributed by atoms with Crippen LogP contribution in [0.4, 0.5) is 11.5 Å². The number of H-pyrrole nitrogens is 1. The van der Waals surface area contributed by atoms with Gasteiger partial charge in [-0.1, -0.05) is 18.2 Å². The summed E-state index contributed by atoms with van der Waals surface area (Å²) in [6.45, 7) is 4.36. The van der Waals surface area contributed by atoms with Gasteiger partial charge in [0.2, 0.25) is 0 Å². The summed E-state index contributed by atoms with van der Waals surface area (Å²) in [6, 6.07) is 14.0. The van der Waals surface area contributed by atoms with Gasteiger partial charge in [0.1, 0.15) is 17.0 Å². The van der Waals surface area contributed by atoms with Crippen molar-refractivity contribution in [2.45, 2.75) is 13.0 Å². The van der Waals surface area contributed by atoms with Crippen LogP contribution in [0.5, 0.6) is 0 Å². The molecule has 0 amide bonds. The molecule has 0 spiro atoms. The zero-order valence-corrected chi connectivity index (χ0v) is 16.2. The Bertz CT molecular complexity index is 1160. The van der Waals surface area contributed by atoms with Gasteiger partial charge in [0.15, 0.2) is 0 Å². The third-order valence-corrected chi connectivity index (χ3v) is 5.29. The number of anilines is 2. The molecule has 29 heavy (non-hydrogen) atoms. The number of fused-ring (bicyclic) bond motifs is 1. The number of benzene rings is 1. The molecule has 7 heteroatoms. The van der Waals surface area contributed by atoms with Crippen LogP contribution in [0.3, 0.4) is 0 Å². The molecule has 0 saturated carbocycles. The number of pyridine rings is 2. The minimum absolute atomic E-state index is 0.160. The third kappa shape index (κ3) is 3.19. The van der Waals surface area contributed by atoms with E-state index in [0.717, 1.165) is 58.0 Å². The predicted molar refractivity (Wildman–Crippen MR) is 115 cm³/mol. The van der Waals surface area contributed by atoms with E-state index in [2.05, 4.69) is 33.1 Å². The molecule has 0 bridgehead atoms. The summed E-state index contributed by atoms with van der Waals surface area (Å²) >= 11 is 0. The highest BCUT2D eigenvalue weighted by Crippen LogP contribution is 2.37. The number of ether oxygens (including phenoxy) is 1. The van der Waals surface area contributed by atoms with Crippen molar-refractivity contribution in [2.75, 3.05) is 30.3 Å². The van der Waals surface area contributed by atoms with Crippen LogP contribution in [0.1, 0.15) is 6.92 Å². The predicted octanol–water partition coefficient (Wildman–Crippen LogP) is 3.49. The van der Waals surface area contributed by atoms with E-state index < -0.39 is 0 Å². The normalized spacial score (nSPS) is 17.0. The Labute approximate surface area is 168 Å². The molecule has 1 aliphatic rings. The Balaban J connectivity index is 1.78. The van der Waals surface area contributed by atoms with Crippen LogP contribution in [-0.2, 0) is 4.74 Å². The summed E-state index contributed by atoms with van der Waals surface area (Å²) in [6.07, 6.45) is 3.69. The Morgan fingerprint density at radius 3 is 2.83 bits per heavy atom. The number of nitrogens with zero attached hydrogens (tertiary/aromatic N) is 4. The van der Waals surface area contributed by atoms with Crippen molar-refractivity contribution in [1.29, 1.82) is 0 Å². The van der Waals surface area contributed by atoms with Gasteiger partial charge in [-0.25, -0.2) is 4.98 Å². The summed E-state index contributed by atoms with van der Waals surface area (Å²) in [7, 11) is 0. The molecule has 4 heterocycles. The maximum absolute atomic E-state index is 6.34. The third-order valence-electron chi connectivity index (χ3n) is 5.29. The van der Waals surface area contributed by atoms with Crippen molar-refractivity contribution in [2.24, 2.45) is 0 Å². The molecule has 1 unspecified atom stereocenters. The zero-order valence-electron chi connectivity index (χ0n) is 16.2. The van der Waals surface area contributed by atoms with Gasteiger partial charge in [-0.3, -0.25) is 10.1 Å². The van der Waals surface area contributed by atoms with Crippen LogP contribution in [0.25, 0.3) is 33.4 Å². The van der Waals surface area contributed by atoms with Crippen LogP contribution in [-0.4, -0.2) is 46.0 Å². The molecule has 0 radical (unpaired) electrons. The van der Waals surface area contributed by atoms with Crippen molar-refractivity contribution < 1.29 is 4.74 Å². The molecule has 4 aromatic rings. The summed E-state index contributed by atoms with van der Waals surface area (Å²) in [5.41, 5.74) is 11.6. The highest BCUT2D eigenvalue weighted by Gasteiger charge is 2.21. The van der Waals surface area contributed by atoms with Gasteiger partial charge in [-0.15, -0.1) is 0 Å². The number of nitrogens with one attached hydrogen (secondary N) is 1. The fourth-order valence-electron chi connectivity index (χ4n) is 3.88. The van der Waals surface area contributed by atoms with Gasteiger partial charge in [0, 0.05) is 42.1 Å². The lowest BCUT2D eigenvalue weighted by Crippen LogP contribution is -2.41. The fraction of sp³-hybridized carbons (Fsp3) is 0.227. The second-order valence-corrected chi connectivity index (χ2v) is 7.27. The summed E-state index contributed by atoms with van der Waals surface area (Å²) < 4.78 is 5.72. The first-order valence-electron chi connectivity index (χ1n) is 9.71. The molecule has 1 fully saturated rings.